The second-order valence-corrected chi connectivity index (χ2v) is 5.54. The predicted molar refractivity (Wildman–Crippen MR) is 96.9 cm³/mol. The number of hydrogen-bond acceptors (Lipinski definition) is 9. The first kappa shape index (κ1) is 21.0. The lowest BCUT2D eigenvalue weighted by Gasteiger charge is -2.15. The zero-order chi connectivity index (χ0) is 20.7. The first-order valence-corrected chi connectivity index (χ1v) is 8.84. The van der Waals surface area contributed by atoms with Crippen molar-refractivity contribution in [1.82, 2.24) is 10.2 Å². The third kappa shape index (κ3) is 4.70. The lowest BCUT2D eigenvalue weighted by atomic mass is 10.1. The standard InChI is InChI=1S/C18H23N3O7/c1-5-25-16(22)11-8-13(28-10(11)4)14(18(24)27-7-3)20-15-12(9-19-21-15)17(23)26-6-2/h8-9,14H,5-7H2,1-4H3,(H2,19,20,21). The van der Waals surface area contributed by atoms with Gasteiger partial charge in [0, 0.05) is 6.20 Å². The Bertz CT molecular complexity index is 840. The molecule has 0 fully saturated rings. The van der Waals surface area contributed by atoms with Gasteiger partial charge in [-0.25, -0.2) is 14.4 Å². The largest absolute Gasteiger partial charge is 0.464 e. The molecule has 28 heavy (non-hydrogen) atoms. The maximum atomic E-state index is 12.5. The zero-order valence-electron chi connectivity index (χ0n) is 16.2. The van der Waals surface area contributed by atoms with E-state index in [1.807, 2.05) is 0 Å². The molecule has 2 N–H and O–H groups in total. The Hall–Kier alpha value is -3.30. The van der Waals surface area contributed by atoms with Crippen LogP contribution in [-0.2, 0) is 19.0 Å². The number of H-pyrrole nitrogens is 1. The second-order valence-electron chi connectivity index (χ2n) is 5.54. The van der Waals surface area contributed by atoms with Crippen molar-refractivity contribution in [2.75, 3.05) is 25.1 Å². The molecule has 10 heteroatoms. The highest BCUT2D eigenvalue weighted by atomic mass is 16.5. The number of aryl methyl sites for hydroxylation is 1. The minimum atomic E-state index is -1.14. The van der Waals surface area contributed by atoms with E-state index in [0.717, 1.165) is 0 Å². The Morgan fingerprint density at radius 3 is 2.29 bits per heavy atom. The van der Waals surface area contributed by atoms with E-state index in [2.05, 4.69) is 15.5 Å². The van der Waals surface area contributed by atoms with Crippen molar-refractivity contribution in [2.45, 2.75) is 33.7 Å². The van der Waals surface area contributed by atoms with E-state index in [1.165, 1.54) is 12.3 Å². The van der Waals surface area contributed by atoms with Crippen LogP contribution in [0.2, 0.25) is 0 Å². The van der Waals surface area contributed by atoms with Crippen LogP contribution < -0.4 is 5.32 Å². The van der Waals surface area contributed by atoms with Gasteiger partial charge in [0.25, 0.3) is 0 Å². The van der Waals surface area contributed by atoms with Crippen molar-refractivity contribution in [1.29, 1.82) is 0 Å². The zero-order valence-corrected chi connectivity index (χ0v) is 16.2. The highest BCUT2D eigenvalue weighted by Crippen LogP contribution is 2.27. The number of hydrogen-bond donors (Lipinski definition) is 2. The molecule has 0 saturated heterocycles. The van der Waals surface area contributed by atoms with Crippen LogP contribution in [0.4, 0.5) is 5.82 Å². The third-order valence-electron chi connectivity index (χ3n) is 3.66. The molecule has 0 aliphatic heterocycles. The van der Waals surface area contributed by atoms with Gasteiger partial charge in [0.1, 0.15) is 22.6 Å². The van der Waals surface area contributed by atoms with Gasteiger partial charge in [-0.05, 0) is 33.8 Å². The summed E-state index contributed by atoms with van der Waals surface area (Å²) in [5.41, 5.74) is 0.311. The molecule has 0 aliphatic carbocycles. The third-order valence-corrected chi connectivity index (χ3v) is 3.66. The number of ether oxygens (including phenoxy) is 3. The maximum absolute atomic E-state index is 12.5. The smallest absolute Gasteiger partial charge is 0.343 e. The minimum Gasteiger partial charge on any atom is -0.464 e. The minimum absolute atomic E-state index is 0.0863. The van der Waals surface area contributed by atoms with Crippen LogP contribution in [0.5, 0.6) is 0 Å². The molecule has 0 aliphatic rings. The highest BCUT2D eigenvalue weighted by molar-refractivity contribution is 5.95. The van der Waals surface area contributed by atoms with Crippen molar-refractivity contribution in [3.63, 3.8) is 0 Å². The van der Waals surface area contributed by atoms with E-state index >= 15 is 0 Å². The first-order valence-electron chi connectivity index (χ1n) is 8.84. The summed E-state index contributed by atoms with van der Waals surface area (Å²) in [4.78, 5) is 36.5. The molecule has 0 spiro atoms. The van der Waals surface area contributed by atoms with E-state index in [9.17, 15) is 14.4 Å². The summed E-state index contributed by atoms with van der Waals surface area (Å²) in [5, 5.41) is 9.31. The molecule has 152 valence electrons. The number of anilines is 1. The van der Waals surface area contributed by atoms with Crippen molar-refractivity contribution in [3.8, 4) is 0 Å². The summed E-state index contributed by atoms with van der Waals surface area (Å²) >= 11 is 0. The van der Waals surface area contributed by atoms with E-state index in [-0.39, 0.29) is 48.3 Å². The average molecular weight is 393 g/mol. The number of carbonyl (C=O) groups excluding carboxylic acids is 3. The molecule has 0 amide bonds. The van der Waals surface area contributed by atoms with Gasteiger partial charge in [0.05, 0.1) is 19.8 Å². The average Bonchev–Trinajstić information content (AvgIpc) is 3.26. The molecule has 1 atom stereocenters. The van der Waals surface area contributed by atoms with Crippen LogP contribution in [0.15, 0.2) is 16.7 Å². The van der Waals surface area contributed by atoms with Crippen LogP contribution in [0.3, 0.4) is 0 Å². The van der Waals surface area contributed by atoms with Gasteiger partial charge in [-0.15, -0.1) is 0 Å². The maximum Gasteiger partial charge on any atom is 0.343 e. The Kier molecular flexibility index (Phi) is 7.19. The Morgan fingerprint density at radius 2 is 1.68 bits per heavy atom. The number of aromatic nitrogens is 2. The SMILES string of the molecule is CCOC(=O)c1c[nH]nc1NC(C(=O)OCC)c1cc(C(=O)OCC)c(C)o1. The van der Waals surface area contributed by atoms with Gasteiger partial charge in [0.2, 0.25) is 0 Å². The molecule has 1 unspecified atom stereocenters. The van der Waals surface area contributed by atoms with Gasteiger partial charge in [-0.2, -0.15) is 5.10 Å². The van der Waals surface area contributed by atoms with Gasteiger partial charge in [-0.1, -0.05) is 0 Å². The Balaban J connectivity index is 2.36. The molecule has 0 radical (unpaired) electrons. The van der Waals surface area contributed by atoms with Crippen molar-refractivity contribution in [3.05, 3.63) is 34.9 Å². The monoisotopic (exact) mass is 393 g/mol. The van der Waals surface area contributed by atoms with Crippen molar-refractivity contribution < 1.29 is 33.0 Å². The number of esters is 3. The number of nitrogens with one attached hydrogen (secondary N) is 2. The van der Waals surface area contributed by atoms with Crippen LogP contribution >= 0.6 is 0 Å². The molecular formula is C18H23N3O7. The lowest BCUT2D eigenvalue weighted by molar-refractivity contribution is -0.144. The molecule has 2 heterocycles. The number of furan rings is 1. The fourth-order valence-corrected chi connectivity index (χ4v) is 2.43. The van der Waals surface area contributed by atoms with Gasteiger partial charge in [-0.3, -0.25) is 5.10 Å². The van der Waals surface area contributed by atoms with Gasteiger partial charge < -0.3 is 23.9 Å². The summed E-state index contributed by atoms with van der Waals surface area (Å²) < 4.78 is 20.6. The molecule has 10 nitrogen and oxygen atoms in total. The molecule has 0 saturated carbocycles. The number of aromatic amines is 1. The summed E-state index contributed by atoms with van der Waals surface area (Å²) in [6.45, 7) is 7.12. The summed E-state index contributed by atoms with van der Waals surface area (Å²) in [5.74, 6) is -1.34. The summed E-state index contributed by atoms with van der Waals surface area (Å²) in [6.07, 6.45) is 1.35. The van der Waals surface area contributed by atoms with Crippen LogP contribution in [0, 0.1) is 6.92 Å². The molecule has 2 aromatic rings. The molecule has 0 aromatic carbocycles. The van der Waals surface area contributed by atoms with Crippen molar-refractivity contribution in [2.24, 2.45) is 0 Å². The van der Waals surface area contributed by atoms with E-state index < -0.39 is 23.9 Å². The Labute approximate surface area is 161 Å². The quantitative estimate of drug-likeness (QED) is 0.486. The fourth-order valence-electron chi connectivity index (χ4n) is 2.43. The van der Waals surface area contributed by atoms with E-state index in [4.69, 9.17) is 18.6 Å². The number of carbonyl (C=O) groups is 3. The summed E-state index contributed by atoms with van der Waals surface area (Å²) in [6, 6.07) is 0.261. The molecule has 0 bridgehead atoms. The second kappa shape index (κ2) is 9.58. The number of nitrogens with zero attached hydrogens (tertiary/aromatic N) is 1. The van der Waals surface area contributed by atoms with E-state index in [1.54, 1.807) is 27.7 Å². The first-order chi connectivity index (χ1) is 13.4. The van der Waals surface area contributed by atoms with Crippen LogP contribution in [0.1, 0.15) is 59.0 Å². The topological polar surface area (TPSA) is 133 Å². The normalized spacial score (nSPS) is 11.6. The molecule has 2 rings (SSSR count). The fraction of sp³-hybridized carbons (Fsp3) is 0.444. The van der Waals surface area contributed by atoms with Crippen molar-refractivity contribution >= 4 is 23.7 Å². The van der Waals surface area contributed by atoms with Gasteiger partial charge in [0.15, 0.2) is 11.9 Å². The Morgan fingerprint density at radius 1 is 1.07 bits per heavy atom. The van der Waals surface area contributed by atoms with Gasteiger partial charge >= 0.3 is 17.9 Å². The summed E-state index contributed by atoms with van der Waals surface area (Å²) in [7, 11) is 0. The lowest BCUT2D eigenvalue weighted by Crippen LogP contribution is -2.24. The molecule has 2 aromatic heterocycles. The highest BCUT2D eigenvalue weighted by Gasteiger charge is 2.30. The predicted octanol–water partition coefficient (Wildman–Crippen LogP) is 2.38. The van der Waals surface area contributed by atoms with Crippen LogP contribution in [0.25, 0.3) is 0 Å². The van der Waals surface area contributed by atoms with E-state index in [0.29, 0.717) is 0 Å². The number of rotatable bonds is 9. The van der Waals surface area contributed by atoms with Crippen LogP contribution in [-0.4, -0.2) is 47.9 Å². The molecular weight excluding hydrogens is 370 g/mol.